The number of nitrogens with one attached hydrogen (secondary N) is 2. The van der Waals surface area contributed by atoms with E-state index in [0.717, 1.165) is 0 Å². The van der Waals surface area contributed by atoms with Gasteiger partial charge in [0.2, 0.25) is 11.8 Å². The van der Waals surface area contributed by atoms with Crippen molar-refractivity contribution in [3.05, 3.63) is 30.3 Å². The number of methoxy groups -OCH3 is 2. The predicted molar refractivity (Wildman–Crippen MR) is 95.3 cm³/mol. The fourth-order valence-electron chi connectivity index (χ4n) is 2.01. The second kappa shape index (κ2) is 8.99. The summed E-state index contributed by atoms with van der Waals surface area (Å²) in [4.78, 5) is 29.6. The molecule has 0 fully saturated rings. The number of carbonyl (C=O) groups is 2. The molecule has 0 aliphatic rings. The number of aromatic nitrogens is 2. The zero-order valence-corrected chi connectivity index (χ0v) is 15.8. The molecule has 1 aromatic carbocycles. The number of carboxylic acid groups (broad SMARTS) is 1. The molecular weight excluding hydrogens is 392 g/mol. The third-order valence-corrected chi connectivity index (χ3v) is 4.69. The Kier molecular flexibility index (Phi) is 6.71. The number of nitrogens with zero attached hydrogens (tertiary/aromatic N) is 2. The standard InChI is InChI=1S/C16H18N4O7S/c1-26-14-9-12(18-16(19-14)27-2)20-28(24,25)11-5-3-10(4-6-11)17-13(21)7-8-15(22)23/h3-6,9H,7-8H2,1-2H3,(H,17,21)(H,22,23)(H,18,19,20)/p-1. The molecule has 0 radical (unpaired) electrons. The summed E-state index contributed by atoms with van der Waals surface area (Å²) in [6, 6.07) is 6.48. The van der Waals surface area contributed by atoms with E-state index in [9.17, 15) is 23.1 Å². The summed E-state index contributed by atoms with van der Waals surface area (Å²) in [6.45, 7) is 0. The Morgan fingerprint density at radius 1 is 1.07 bits per heavy atom. The molecule has 11 nitrogen and oxygen atoms in total. The van der Waals surface area contributed by atoms with E-state index in [1.54, 1.807) is 0 Å². The minimum absolute atomic E-state index is 0.0524. The van der Waals surface area contributed by atoms with Gasteiger partial charge in [0.1, 0.15) is 0 Å². The molecule has 0 aliphatic carbocycles. The molecule has 1 aromatic heterocycles. The van der Waals surface area contributed by atoms with Crippen LogP contribution in [0.3, 0.4) is 0 Å². The van der Waals surface area contributed by atoms with Crippen molar-refractivity contribution in [1.82, 2.24) is 9.97 Å². The van der Waals surface area contributed by atoms with E-state index in [1.165, 1.54) is 44.6 Å². The van der Waals surface area contributed by atoms with Gasteiger partial charge in [0.05, 0.1) is 19.1 Å². The molecule has 2 rings (SSSR count). The van der Waals surface area contributed by atoms with Crippen LogP contribution in [0.5, 0.6) is 11.9 Å². The number of sulfonamides is 1. The van der Waals surface area contributed by atoms with Crippen molar-refractivity contribution in [1.29, 1.82) is 0 Å². The molecule has 0 unspecified atom stereocenters. The molecule has 150 valence electrons. The molecule has 0 aliphatic heterocycles. The predicted octanol–water partition coefficient (Wildman–Crippen LogP) is -0.237. The Morgan fingerprint density at radius 2 is 1.75 bits per heavy atom. The van der Waals surface area contributed by atoms with Gasteiger partial charge in [0.15, 0.2) is 5.82 Å². The summed E-state index contributed by atoms with van der Waals surface area (Å²) in [5.41, 5.74) is 0.313. The first-order chi connectivity index (χ1) is 13.2. The number of rotatable bonds is 9. The molecule has 0 atom stereocenters. The van der Waals surface area contributed by atoms with Crippen LogP contribution in [-0.4, -0.2) is 44.5 Å². The maximum Gasteiger partial charge on any atom is 0.321 e. The molecule has 0 spiro atoms. The van der Waals surface area contributed by atoms with E-state index >= 15 is 0 Å². The van der Waals surface area contributed by atoms with Gasteiger partial charge in [-0.3, -0.25) is 9.52 Å². The lowest BCUT2D eigenvalue weighted by molar-refractivity contribution is -0.305. The molecule has 0 saturated carbocycles. The maximum atomic E-state index is 12.5. The molecule has 2 aromatic rings. The monoisotopic (exact) mass is 409 g/mol. The van der Waals surface area contributed by atoms with Crippen LogP contribution in [0.4, 0.5) is 11.5 Å². The van der Waals surface area contributed by atoms with Gasteiger partial charge in [0, 0.05) is 24.1 Å². The summed E-state index contributed by atoms with van der Waals surface area (Å²) < 4.78 is 37.1. The van der Waals surface area contributed by atoms with Crippen LogP contribution in [0, 0.1) is 0 Å². The Bertz CT molecular complexity index is 939. The van der Waals surface area contributed by atoms with Crippen molar-refractivity contribution < 1.29 is 32.6 Å². The summed E-state index contributed by atoms with van der Waals surface area (Å²) in [6.07, 6.45) is -0.657. The molecular formula is C16H17N4O7S-. The van der Waals surface area contributed by atoms with Gasteiger partial charge in [-0.25, -0.2) is 8.42 Å². The number of hydrogen-bond acceptors (Lipinski definition) is 9. The van der Waals surface area contributed by atoms with Crippen LogP contribution in [0.1, 0.15) is 12.8 Å². The summed E-state index contributed by atoms with van der Waals surface area (Å²) >= 11 is 0. The highest BCUT2D eigenvalue weighted by atomic mass is 32.2. The van der Waals surface area contributed by atoms with Gasteiger partial charge in [-0.15, -0.1) is 0 Å². The molecule has 1 heterocycles. The number of aliphatic carboxylic acids is 1. The highest BCUT2D eigenvalue weighted by molar-refractivity contribution is 7.92. The van der Waals surface area contributed by atoms with Crippen molar-refractivity contribution >= 4 is 33.4 Å². The second-order valence-electron chi connectivity index (χ2n) is 5.33. The molecule has 12 heteroatoms. The Labute approximate surface area is 160 Å². The van der Waals surface area contributed by atoms with Crippen molar-refractivity contribution in [2.24, 2.45) is 0 Å². The lowest BCUT2D eigenvalue weighted by atomic mass is 10.2. The van der Waals surface area contributed by atoms with Crippen LogP contribution in [0.25, 0.3) is 0 Å². The molecule has 0 saturated heterocycles. The Balaban J connectivity index is 2.12. The van der Waals surface area contributed by atoms with Crippen molar-refractivity contribution in [3.63, 3.8) is 0 Å². The van der Waals surface area contributed by atoms with Gasteiger partial charge in [-0.2, -0.15) is 9.97 Å². The zero-order valence-electron chi connectivity index (χ0n) is 15.0. The SMILES string of the molecule is COc1cc(NS(=O)(=O)c2ccc(NC(=O)CCC(=O)[O-])cc2)nc(OC)n1. The second-order valence-corrected chi connectivity index (χ2v) is 7.01. The first-order valence-electron chi connectivity index (χ1n) is 7.83. The quantitative estimate of drug-likeness (QED) is 0.570. The third-order valence-electron chi connectivity index (χ3n) is 3.32. The average Bonchev–Trinajstić information content (AvgIpc) is 2.66. The van der Waals surface area contributed by atoms with Crippen LogP contribution < -0.4 is 24.6 Å². The van der Waals surface area contributed by atoms with Gasteiger partial charge in [0.25, 0.3) is 10.0 Å². The van der Waals surface area contributed by atoms with Crippen LogP contribution >= 0.6 is 0 Å². The minimum atomic E-state index is -3.98. The van der Waals surface area contributed by atoms with Crippen LogP contribution in [0.15, 0.2) is 35.2 Å². The first kappa shape index (κ1) is 20.9. The third kappa shape index (κ3) is 5.81. The normalized spacial score (nSPS) is 10.8. The van der Waals surface area contributed by atoms with E-state index in [4.69, 9.17) is 9.47 Å². The number of carboxylic acids is 1. The van der Waals surface area contributed by atoms with E-state index < -0.39 is 28.3 Å². The van der Waals surface area contributed by atoms with E-state index in [0.29, 0.717) is 5.69 Å². The Morgan fingerprint density at radius 3 is 2.32 bits per heavy atom. The number of hydrogen-bond donors (Lipinski definition) is 2. The first-order valence-corrected chi connectivity index (χ1v) is 9.31. The smallest absolute Gasteiger partial charge is 0.321 e. The van der Waals surface area contributed by atoms with Gasteiger partial charge >= 0.3 is 6.01 Å². The fraction of sp³-hybridized carbons (Fsp3) is 0.250. The topological polar surface area (TPSA) is 160 Å². The van der Waals surface area contributed by atoms with E-state index in [-0.39, 0.29) is 29.0 Å². The summed E-state index contributed by atoms with van der Waals surface area (Å²) in [5, 5.41) is 12.8. The van der Waals surface area contributed by atoms with Crippen LogP contribution in [0.2, 0.25) is 0 Å². The van der Waals surface area contributed by atoms with Crippen molar-refractivity contribution in [2.45, 2.75) is 17.7 Å². The minimum Gasteiger partial charge on any atom is -0.550 e. The van der Waals surface area contributed by atoms with Gasteiger partial charge in [-0.05, 0) is 30.7 Å². The van der Waals surface area contributed by atoms with E-state index in [2.05, 4.69) is 20.0 Å². The molecule has 0 bridgehead atoms. The Hall–Kier alpha value is -3.41. The maximum absolute atomic E-state index is 12.5. The molecule has 1 amide bonds. The van der Waals surface area contributed by atoms with Crippen LogP contribution in [-0.2, 0) is 19.6 Å². The highest BCUT2D eigenvalue weighted by Gasteiger charge is 2.17. The molecule has 28 heavy (non-hydrogen) atoms. The van der Waals surface area contributed by atoms with Crippen molar-refractivity contribution in [2.75, 3.05) is 24.3 Å². The zero-order chi connectivity index (χ0) is 20.7. The van der Waals surface area contributed by atoms with Gasteiger partial charge in [-0.1, -0.05) is 0 Å². The largest absolute Gasteiger partial charge is 0.550 e. The lowest BCUT2D eigenvalue weighted by Gasteiger charge is -2.10. The highest BCUT2D eigenvalue weighted by Crippen LogP contribution is 2.21. The number of benzene rings is 1. The average molecular weight is 409 g/mol. The van der Waals surface area contributed by atoms with Crippen molar-refractivity contribution in [3.8, 4) is 11.9 Å². The van der Waals surface area contributed by atoms with Gasteiger partial charge < -0.3 is 24.7 Å². The fourth-order valence-corrected chi connectivity index (χ4v) is 3.00. The number of amides is 1. The number of carbonyl (C=O) groups excluding carboxylic acids is 2. The van der Waals surface area contributed by atoms with E-state index in [1.807, 2.05) is 0 Å². The molecule has 2 N–H and O–H groups in total. The summed E-state index contributed by atoms with van der Waals surface area (Å²) in [7, 11) is -1.29. The number of ether oxygens (including phenoxy) is 2. The number of anilines is 2. The lowest BCUT2D eigenvalue weighted by Crippen LogP contribution is -2.24. The summed E-state index contributed by atoms with van der Waals surface area (Å²) in [5.74, 6) is -1.80.